The third kappa shape index (κ3) is 56.4. The number of ether oxygens (including phenoxy) is 3. The van der Waals surface area contributed by atoms with Gasteiger partial charge >= 0.3 is 17.9 Å². The quantitative estimate of drug-likeness (QED) is 0.0261. The molecule has 0 rings (SSSR count). The number of hydrogen-bond donors (Lipinski definition) is 0. The van der Waals surface area contributed by atoms with Gasteiger partial charge in [0.15, 0.2) is 6.10 Å². The number of esters is 3. The predicted molar refractivity (Wildman–Crippen MR) is 298 cm³/mol. The summed E-state index contributed by atoms with van der Waals surface area (Å²) in [6, 6.07) is 0. The highest BCUT2D eigenvalue weighted by atomic mass is 16.6. The van der Waals surface area contributed by atoms with E-state index in [2.05, 4.69) is 57.2 Å². The second-order valence-corrected chi connectivity index (χ2v) is 20.6. The van der Waals surface area contributed by atoms with E-state index in [0.29, 0.717) is 19.3 Å². The molecule has 0 bridgehead atoms. The van der Waals surface area contributed by atoms with Gasteiger partial charge < -0.3 is 14.2 Å². The van der Waals surface area contributed by atoms with Gasteiger partial charge in [0.2, 0.25) is 0 Å². The first-order valence-corrected chi connectivity index (χ1v) is 30.5. The zero-order valence-corrected chi connectivity index (χ0v) is 46.3. The van der Waals surface area contributed by atoms with Gasteiger partial charge in [0.05, 0.1) is 0 Å². The molecular weight excluding hydrogens is 853 g/mol. The molecule has 0 aliphatic rings. The second-order valence-electron chi connectivity index (χ2n) is 20.6. The van der Waals surface area contributed by atoms with E-state index in [9.17, 15) is 14.4 Å². The molecule has 0 aromatic carbocycles. The van der Waals surface area contributed by atoms with Crippen molar-refractivity contribution in [3.05, 3.63) is 36.5 Å². The van der Waals surface area contributed by atoms with Crippen LogP contribution in [-0.2, 0) is 28.6 Å². The first-order chi connectivity index (χ1) is 34.0. The lowest BCUT2D eigenvalue weighted by molar-refractivity contribution is -0.167. The zero-order valence-electron chi connectivity index (χ0n) is 46.3. The van der Waals surface area contributed by atoms with Crippen LogP contribution in [0.3, 0.4) is 0 Å². The third-order valence-corrected chi connectivity index (χ3v) is 13.6. The number of carbonyl (C=O) groups excluding carboxylic acids is 3. The van der Waals surface area contributed by atoms with Gasteiger partial charge in [0.25, 0.3) is 0 Å². The second kappa shape index (κ2) is 58.2. The van der Waals surface area contributed by atoms with Crippen molar-refractivity contribution in [1.29, 1.82) is 0 Å². The van der Waals surface area contributed by atoms with Crippen molar-refractivity contribution in [2.45, 2.75) is 335 Å². The van der Waals surface area contributed by atoms with Crippen LogP contribution in [0.4, 0.5) is 0 Å². The minimum atomic E-state index is -0.764. The first kappa shape index (κ1) is 66.6. The van der Waals surface area contributed by atoms with E-state index in [4.69, 9.17) is 14.2 Å². The Morgan fingerprint density at radius 2 is 0.522 bits per heavy atom. The summed E-state index contributed by atoms with van der Waals surface area (Å²) in [5, 5.41) is 0. The monoisotopic (exact) mass is 969 g/mol. The minimum Gasteiger partial charge on any atom is -0.462 e. The molecule has 6 heteroatoms. The summed E-state index contributed by atoms with van der Waals surface area (Å²) in [5.41, 5.74) is 0. The van der Waals surface area contributed by atoms with Gasteiger partial charge in [-0.15, -0.1) is 0 Å². The summed E-state index contributed by atoms with van der Waals surface area (Å²) in [6.07, 6.45) is 70.6. The van der Waals surface area contributed by atoms with Gasteiger partial charge in [-0.1, -0.05) is 288 Å². The average molecular weight is 970 g/mol. The van der Waals surface area contributed by atoms with Crippen molar-refractivity contribution < 1.29 is 28.6 Å². The van der Waals surface area contributed by atoms with Crippen LogP contribution in [0.2, 0.25) is 0 Å². The van der Waals surface area contributed by atoms with E-state index in [-0.39, 0.29) is 31.1 Å². The van der Waals surface area contributed by atoms with Crippen LogP contribution in [0, 0.1) is 0 Å². The highest BCUT2D eigenvalue weighted by molar-refractivity contribution is 5.71. The van der Waals surface area contributed by atoms with Crippen LogP contribution in [0.1, 0.15) is 329 Å². The van der Waals surface area contributed by atoms with Gasteiger partial charge in [-0.2, -0.15) is 0 Å². The van der Waals surface area contributed by atoms with Crippen molar-refractivity contribution in [2.24, 2.45) is 0 Å². The molecule has 1 unspecified atom stereocenters. The summed E-state index contributed by atoms with van der Waals surface area (Å²) < 4.78 is 16.7. The van der Waals surface area contributed by atoms with Crippen molar-refractivity contribution in [2.75, 3.05) is 13.2 Å². The highest BCUT2D eigenvalue weighted by Gasteiger charge is 2.19. The molecule has 69 heavy (non-hydrogen) atoms. The fourth-order valence-corrected chi connectivity index (χ4v) is 9.04. The summed E-state index contributed by atoms with van der Waals surface area (Å²) in [5.74, 6) is -0.864. The Balaban J connectivity index is 3.93. The van der Waals surface area contributed by atoms with Crippen molar-refractivity contribution in [3.63, 3.8) is 0 Å². The van der Waals surface area contributed by atoms with Crippen LogP contribution in [0.5, 0.6) is 0 Å². The number of carbonyl (C=O) groups is 3. The topological polar surface area (TPSA) is 78.9 Å². The fraction of sp³-hybridized carbons (Fsp3) is 0.857. The molecule has 0 aliphatic heterocycles. The molecule has 0 aromatic heterocycles. The maximum Gasteiger partial charge on any atom is 0.306 e. The average Bonchev–Trinajstić information content (AvgIpc) is 3.35. The van der Waals surface area contributed by atoms with Crippen LogP contribution in [0.25, 0.3) is 0 Å². The largest absolute Gasteiger partial charge is 0.462 e. The Morgan fingerprint density at radius 1 is 0.290 bits per heavy atom. The van der Waals surface area contributed by atoms with Gasteiger partial charge in [0, 0.05) is 19.3 Å². The Morgan fingerprint density at radius 3 is 0.812 bits per heavy atom. The molecule has 404 valence electrons. The maximum atomic E-state index is 12.8. The molecule has 0 aliphatic carbocycles. The summed E-state index contributed by atoms with van der Waals surface area (Å²) in [4.78, 5) is 37.8. The Bertz CT molecular complexity index is 1160. The normalized spacial score (nSPS) is 12.2. The molecule has 0 aromatic rings. The molecule has 0 N–H and O–H groups in total. The Kier molecular flexibility index (Phi) is 56.2. The Labute approximate surface area is 429 Å². The predicted octanol–water partition coefficient (Wildman–Crippen LogP) is 20.4. The number of unbranched alkanes of at least 4 members (excludes halogenated alkanes) is 39. The summed E-state index contributed by atoms with van der Waals surface area (Å²) in [6.45, 7) is 6.59. The molecule has 0 radical (unpaired) electrons. The van der Waals surface area contributed by atoms with Crippen LogP contribution >= 0.6 is 0 Å². The lowest BCUT2D eigenvalue weighted by Crippen LogP contribution is -2.30. The van der Waals surface area contributed by atoms with Crippen molar-refractivity contribution in [3.8, 4) is 0 Å². The maximum absolute atomic E-state index is 12.8. The molecule has 6 nitrogen and oxygen atoms in total. The van der Waals surface area contributed by atoms with Crippen molar-refractivity contribution in [1.82, 2.24) is 0 Å². The van der Waals surface area contributed by atoms with Crippen LogP contribution in [-0.4, -0.2) is 37.2 Å². The molecular formula is C63H116O6. The first-order valence-electron chi connectivity index (χ1n) is 30.5. The van der Waals surface area contributed by atoms with Gasteiger partial charge in [0.1, 0.15) is 13.2 Å². The van der Waals surface area contributed by atoms with Gasteiger partial charge in [-0.05, 0) is 57.8 Å². The molecule has 0 saturated carbocycles. The lowest BCUT2D eigenvalue weighted by atomic mass is 10.0. The van der Waals surface area contributed by atoms with E-state index < -0.39 is 6.10 Å². The summed E-state index contributed by atoms with van der Waals surface area (Å²) in [7, 11) is 0. The Hall–Kier alpha value is -2.37. The van der Waals surface area contributed by atoms with Crippen LogP contribution in [0.15, 0.2) is 36.5 Å². The number of hydrogen-bond acceptors (Lipinski definition) is 6. The molecule has 1 atom stereocenters. The van der Waals surface area contributed by atoms with E-state index in [0.717, 1.165) is 77.0 Å². The van der Waals surface area contributed by atoms with Gasteiger partial charge in [-0.3, -0.25) is 14.4 Å². The smallest absolute Gasteiger partial charge is 0.306 e. The molecule has 0 saturated heterocycles. The number of rotatable bonds is 56. The van der Waals surface area contributed by atoms with E-state index in [1.807, 2.05) is 0 Å². The van der Waals surface area contributed by atoms with E-state index in [1.165, 1.54) is 212 Å². The molecule has 0 amide bonds. The van der Waals surface area contributed by atoms with Crippen LogP contribution < -0.4 is 0 Å². The van der Waals surface area contributed by atoms with Crippen molar-refractivity contribution >= 4 is 17.9 Å². The lowest BCUT2D eigenvalue weighted by Gasteiger charge is -2.18. The SMILES string of the molecule is CCCCCCC/C=C\C/C=C\C/C=C\CCCCCCCCCCCCCCCCCCC(=O)OCC(COC(=O)CCCCCCC)OC(=O)CCCCCCCCCCCCCCCCC. The molecule has 0 spiro atoms. The highest BCUT2D eigenvalue weighted by Crippen LogP contribution is 2.17. The third-order valence-electron chi connectivity index (χ3n) is 13.6. The molecule has 0 heterocycles. The number of allylic oxidation sites excluding steroid dienone is 6. The van der Waals surface area contributed by atoms with E-state index in [1.54, 1.807) is 0 Å². The summed E-state index contributed by atoms with van der Waals surface area (Å²) >= 11 is 0. The standard InChI is InChI=1S/C63H116O6/c1-4-7-10-13-15-17-19-21-23-24-25-26-27-28-29-30-31-32-33-34-35-36-37-38-40-41-43-45-47-50-53-56-62(65)68-59-60(58-67-61(64)55-52-49-12-9-6-3)69-63(66)57-54-51-48-46-44-42-39-22-20-18-16-14-11-8-5-2/h19,21,24-25,27-28,60H,4-18,20,22-23,26,29-59H2,1-3H3/b21-19-,25-24-,28-27-. The molecule has 0 fully saturated rings. The fourth-order valence-electron chi connectivity index (χ4n) is 9.04. The van der Waals surface area contributed by atoms with E-state index >= 15 is 0 Å². The zero-order chi connectivity index (χ0) is 50.0. The van der Waals surface area contributed by atoms with Gasteiger partial charge in [-0.25, -0.2) is 0 Å². The minimum absolute atomic E-state index is 0.0674.